The van der Waals surface area contributed by atoms with Crippen molar-refractivity contribution in [1.82, 2.24) is 20.4 Å². The SMILES string of the molecule is CC1CCC(C=O)N1C(=O)CNC=O.CCCCOc1ccccc1.CN1CCOCC1.CNCc1cc(C(=N)N)cs1. The number of carbonyl (C=O) groups excluding carboxylic acids is 3. The molecule has 5 N–H and O–H groups in total. The number of amidine groups is 1. The number of aldehydes is 1. The fraction of sp³-hybridized carbons (Fsp3) is 0.548. The number of rotatable bonds is 11. The van der Waals surface area contributed by atoms with Crippen LogP contribution in [0.1, 0.15) is 50.0 Å². The molecule has 1 aromatic carbocycles. The summed E-state index contributed by atoms with van der Waals surface area (Å²) >= 11 is 1.62. The summed E-state index contributed by atoms with van der Waals surface area (Å²) in [5.74, 6) is 0.920. The van der Waals surface area contributed by atoms with E-state index in [2.05, 4.69) is 29.5 Å². The van der Waals surface area contributed by atoms with E-state index in [0.29, 0.717) is 6.41 Å². The number of morpholine rings is 1. The van der Waals surface area contributed by atoms with Crippen molar-refractivity contribution in [2.75, 3.05) is 53.6 Å². The number of nitrogens with zero attached hydrogens (tertiary/aromatic N) is 2. The van der Waals surface area contributed by atoms with Crippen LogP contribution in [0.15, 0.2) is 41.8 Å². The van der Waals surface area contributed by atoms with Crippen LogP contribution >= 0.6 is 11.3 Å². The second kappa shape index (κ2) is 23.2. The maximum atomic E-state index is 11.5. The summed E-state index contributed by atoms with van der Waals surface area (Å²) in [6.07, 6.45) is 5.16. The zero-order chi connectivity index (χ0) is 31.9. The molecule has 0 radical (unpaired) electrons. The number of thiophene rings is 1. The van der Waals surface area contributed by atoms with E-state index in [4.69, 9.17) is 20.6 Å². The Hall–Kier alpha value is -3.32. The Morgan fingerprint density at radius 2 is 1.91 bits per heavy atom. The number of likely N-dealkylation sites (N-methyl/N-ethyl adjacent to an activating group) is 1. The van der Waals surface area contributed by atoms with E-state index >= 15 is 0 Å². The highest BCUT2D eigenvalue weighted by Gasteiger charge is 2.33. The van der Waals surface area contributed by atoms with Crippen LogP contribution in [0, 0.1) is 5.41 Å². The minimum Gasteiger partial charge on any atom is -0.494 e. The second-order valence-corrected chi connectivity index (χ2v) is 11.1. The van der Waals surface area contributed by atoms with Gasteiger partial charge in [0.05, 0.1) is 32.4 Å². The van der Waals surface area contributed by atoms with E-state index in [1.807, 2.05) is 55.7 Å². The van der Waals surface area contributed by atoms with Gasteiger partial charge in [-0.25, -0.2) is 0 Å². The Balaban J connectivity index is 0.000000293. The molecule has 2 aliphatic rings. The molecule has 2 saturated heterocycles. The van der Waals surface area contributed by atoms with E-state index in [0.717, 1.165) is 76.3 Å². The van der Waals surface area contributed by atoms with Crippen molar-refractivity contribution in [1.29, 1.82) is 5.41 Å². The number of nitrogens with two attached hydrogens (primary N) is 1. The van der Waals surface area contributed by atoms with Gasteiger partial charge in [0, 0.05) is 41.5 Å². The number of para-hydroxylation sites is 1. The monoisotopic (exact) mass is 618 g/mol. The van der Waals surface area contributed by atoms with Gasteiger partial charge in [-0.2, -0.15) is 0 Å². The van der Waals surface area contributed by atoms with Crippen LogP contribution < -0.4 is 21.1 Å². The molecule has 240 valence electrons. The lowest BCUT2D eigenvalue weighted by Gasteiger charge is -2.25. The molecule has 2 fully saturated rings. The highest BCUT2D eigenvalue weighted by Crippen LogP contribution is 2.22. The number of benzene rings is 1. The number of amides is 2. The lowest BCUT2D eigenvalue weighted by Crippen LogP contribution is -2.44. The molecule has 2 aliphatic heterocycles. The molecule has 2 aromatic rings. The van der Waals surface area contributed by atoms with Crippen molar-refractivity contribution < 1.29 is 23.9 Å². The molecule has 12 heteroatoms. The topological polar surface area (TPSA) is 150 Å². The minimum absolute atomic E-state index is 0.0296. The average molecular weight is 619 g/mol. The first-order valence-corrected chi connectivity index (χ1v) is 15.6. The van der Waals surface area contributed by atoms with E-state index in [-0.39, 0.29) is 30.4 Å². The summed E-state index contributed by atoms with van der Waals surface area (Å²) in [4.78, 5) is 37.2. The number of hydrogen-bond donors (Lipinski definition) is 4. The summed E-state index contributed by atoms with van der Waals surface area (Å²) in [7, 11) is 4.01. The number of nitrogens with one attached hydrogen (secondary N) is 3. The van der Waals surface area contributed by atoms with Gasteiger partial charge in [-0.05, 0) is 58.5 Å². The molecule has 43 heavy (non-hydrogen) atoms. The smallest absolute Gasteiger partial charge is 0.242 e. The average Bonchev–Trinajstić information content (AvgIpc) is 3.65. The van der Waals surface area contributed by atoms with Crippen molar-refractivity contribution >= 4 is 35.8 Å². The molecule has 0 saturated carbocycles. The van der Waals surface area contributed by atoms with E-state index in [1.165, 1.54) is 11.3 Å². The third kappa shape index (κ3) is 16.2. The quantitative estimate of drug-likeness (QED) is 0.130. The predicted molar refractivity (Wildman–Crippen MR) is 173 cm³/mol. The van der Waals surface area contributed by atoms with Gasteiger partial charge in [-0.3, -0.25) is 15.0 Å². The minimum atomic E-state index is -0.314. The van der Waals surface area contributed by atoms with Gasteiger partial charge < -0.3 is 40.4 Å². The Kier molecular flexibility index (Phi) is 20.3. The Morgan fingerprint density at radius 3 is 2.42 bits per heavy atom. The number of hydrogen-bond acceptors (Lipinski definition) is 9. The number of likely N-dealkylation sites (tertiary alicyclic amines) is 1. The highest BCUT2D eigenvalue weighted by molar-refractivity contribution is 7.10. The maximum Gasteiger partial charge on any atom is 0.242 e. The predicted octanol–water partition coefficient (Wildman–Crippen LogP) is 2.88. The van der Waals surface area contributed by atoms with Crippen LogP contribution in [-0.2, 0) is 25.7 Å². The second-order valence-electron chi connectivity index (χ2n) is 10.1. The summed E-state index contributed by atoms with van der Waals surface area (Å²) in [5, 5.41) is 14.4. The number of carbonyl (C=O) groups is 3. The molecule has 4 rings (SSSR count). The van der Waals surface area contributed by atoms with E-state index < -0.39 is 0 Å². The van der Waals surface area contributed by atoms with Crippen LogP contribution in [0.25, 0.3) is 0 Å². The summed E-state index contributed by atoms with van der Waals surface area (Å²) in [6.45, 7) is 9.74. The van der Waals surface area contributed by atoms with Crippen molar-refractivity contribution in [2.24, 2.45) is 5.73 Å². The fourth-order valence-electron chi connectivity index (χ4n) is 4.10. The van der Waals surface area contributed by atoms with Crippen molar-refractivity contribution in [3.05, 3.63) is 52.2 Å². The standard InChI is InChI=1S/C10H14O.C9H14N2O3.C7H11N3S.C5H11NO/c1-2-3-9-11-10-7-5-4-6-8-10;1-7-2-3-8(5-12)11(7)9(14)4-10-6-13;1-10-3-6-2-5(4-11-6)7(8)9;1-6-2-4-7-5-3-6/h4-8H,2-3,9H2,1H3;5-8H,2-4H2,1H3,(H,10,13);2,4,10H,3H2,1H3,(H3,8,9);2-5H2,1H3. The molecular weight excluding hydrogens is 568 g/mol. The largest absolute Gasteiger partial charge is 0.494 e. The van der Waals surface area contributed by atoms with Gasteiger partial charge in [0.15, 0.2) is 0 Å². The lowest BCUT2D eigenvalue weighted by atomic mass is 10.2. The van der Waals surface area contributed by atoms with Gasteiger partial charge in [-0.1, -0.05) is 31.5 Å². The van der Waals surface area contributed by atoms with Crippen molar-refractivity contribution in [3.8, 4) is 5.75 Å². The van der Waals surface area contributed by atoms with Gasteiger partial charge in [0.2, 0.25) is 12.3 Å². The number of unbranched alkanes of at least 4 members (excludes halogenated alkanes) is 1. The van der Waals surface area contributed by atoms with Crippen molar-refractivity contribution in [2.45, 2.75) is 58.2 Å². The third-order valence-corrected chi connectivity index (χ3v) is 7.49. The Bertz CT molecular complexity index is 1050. The highest BCUT2D eigenvalue weighted by atomic mass is 32.1. The molecule has 2 unspecified atom stereocenters. The van der Waals surface area contributed by atoms with E-state index in [1.54, 1.807) is 16.2 Å². The van der Waals surface area contributed by atoms with Gasteiger partial charge in [0.25, 0.3) is 0 Å². The Morgan fingerprint density at radius 1 is 1.21 bits per heavy atom. The third-order valence-electron chi connectivity index (χ3n) is 6.55. The Labute approximate surface area is 260 Å². The summed E-state index contributed by atoms with van der Waals surface area (Å²) in [6, 6.07) is 11.6. The van der Waals surface area contributed by atoms with E-state index in [9.17, 15) is 14.4 Å². The molecule has 2 amide bonds. The summed E-state index contributed by atoms with van der Waals surface area (Å²) in [5.41, 5.74) is 6.11. The molecule has 1 aromatic heterocycles. The fourth-order valence-corrected chi connectivity index (χ4v) is 4.99. The zero-order valence-electron chi connectivity index (χ0n) is 26.1. The first-order valence-electron chi connectivity index (χ1n) is 14.7. The molecule has 2 atom stereocenters. The van der Waals surface area contributed by atoms with Gasteiger partial charge in [0.1, 0.15) is 17.9 Å². The first-order chi connectivity index (χ1) is 20.8. The molecule has 11 nitrogen and oxygen atoms in total. The number of ether oxygens (including phenoxy) is 2. The number of nitrogen functional groups attached to an aromatic ring is 1. The normalized spacial score (nSPS) is 17.5. The zero-order valence-corrected chi connectivity index (χ0v) is 26.9. The maximum absolute atomic E-state index is 11.5. The molecular formula is C31H50N6O5S. The molecule has 0 bridgehead atoms. The van der Waals surface area contributed by atoms with Gasteiger partial charge >= 0.3 is 0 Å². The molecule has 0 aliphatic carbocycles. The van der Waals surface area contributed by atoms with Gasteiger partial charge in [-0.15, -0.1) is 11.3 Å². The van der Waals surface area contributed by atoms with Crippen LogP contribution in [0.5, 0.6) is 5.75 Å². The van der Waals surface area contributed by atoms with Crippen LogP contribution in [-0.4, -0.2) is 99.9 Å². The lowest BCUT2D eigenvalue weighted by molar-refractivity contribution is -0.136. The molecule has 0 spiro atoms. The van der Waals surface area contributed by atoms with Crippen LogP contribution in [0.2, 0.25) is 0 Å². The van der Waals surface area contributed by atoms with Crippen LogP contribution in [0.4, 0.5) is 0 Å². The molecule has 3 heterocycles. The summed E-state index contributed by atoms with van der Waals surface area (Å²) < 4.78 is 10.5. The van der Waals surface area contributed by atoms with Crippen LogP contribution in [0.3, 0.4) is 0 Å². The first kappa shape index (κ1) is 37.7. The van der Waals surface area contributed by atoms with Crippen molar-refractivity contribution in [3.63, 3.8) is 0 Å².